The molecule has 19 heavy (non-hydrogen) atoms. The third-order valence-electron chi connectivity index (χ3n) is 3.01. The largest absolute Gasteiger partial charge is 0.256 e. The van der Waals surface area contributed by atoms with Gasteiger partial charge in [-0.3, -0.25) is 4.99 Å². The summed E-state index contributed by atoms with van der Waals surface area (Å²) >= 11 is 2.33. The van der Waals surface area contributed by atoms with E-state index in [1.807, 2.05) is 18.3 Å². The van der Waals surface area contributed by atoms with Crippen molar-refractivity contribution in [1.29, 1.82) is 0 Å². The molecular formula is C17H18IN. The number of nitrogens with zero attached hydrogens (tertiary/aromatic N) is 1. The fraction of sp³-hybridized carbons (Fsp3) is 0.235. The fourth-order valence-electron chi connectivity index (χ4n) is 1.85. The first kappa shape index (κ1) is 14.3. The molecule has 2 rings (SSSR count). The summed E-state index contributed by atoms with van der Waals surface area (Å²) in [7, 11) is 0. The number of halogens is 1. The molecule has 2 aromatic carbocycles. The average Bonchev–Trinajstić information content (AvgIpc) is 2.45. The SMILES string of the molecule is CCCCc1ccc(N=Cc2ccccc2I)cc1. The number of aryl methyl sites for hydroxylation is 1. The summed E-state index contributed by atoms with van der Waals surface area (Å²) in [6.07, 6.45) is 5.59. The summed E-state index contributed by atoms with van der Waals surface area (Å²) in [6, 6.07) is 16.8. The Balaban J connectivity index is 2.05. The average molecular weight is 363 g/mol. The van der Waals surface area contributed by atoms with E-state index in [9.17, 15) is 0 Å². The van der Waals surface area contributed by atoms with Crippen molar-refractivity contribution in [2.75, 3.05) is 0 Å². The zero-order valence-electron chi connectivity index (χ0n) is 11.1. The van der Waals surface area contributed by atoms with Crippen LogP contribution in [-0.2, 0) is 6.42 Å². The number of unbranched alkanes of at least 4 members (excludes halogenated alkanes) is 1. The van der Waals surface area contributed by atoms with Crippen LogP contribution in [0.3, 0.4) is 0 Å². The predicted molar refractivity (Wildman–Crippen MR) is 91.5 cm³/mol. The molecule has 0 atom stereocenters. The molecule has 2 aromatic rings. The molecule has 0 unspecified atom stereocenters. The van der Waals surface area contributed by atoms with Crippen molar-refractivity contribution < 1.29 is 0 Å². The van der Waals surface area contributed by atoms with Crippen LogP contribution in [0.25, 0.3) is 0 Å². The molecule has 0 aliphatic carbocycles. The van der Waals surface area contributed by atoms with E-state index in [1.54, 1.807) is 0 Å². The van der Waals surface area contributed by atoms with Gasteiger partial charge >= 0.3 is 0 Å². The lowest BCUT2D eigenvalue weighted by Gasteiger charge is -2.00. The second-order valence-electron chi connectivity index (χ2n) is 4.55. The van der Waals surface area contributed by atoms with Gasteiger partial charge in [-0.25, -0.2) is 0 Å². The Morgan fingerprint density at radius 3 is 2.47 bits per heavy atom. The van der Waals surface area contributed by atoms with Gasteiger partial charge in [0.2, 0.25) is 0 Å². The maximum atomic E-state index is 4.53. The molecule has 0 saturated heterocycles. The zero-order chi connectivity index (χ0) is 13.5. The zero-order valence-corrected chi connectivity index (χ0v) is 13.3. The summed E-state index contributed by atoms with van der Waals surface area (Å²) in [4.78, 5) is 4.53. The molecule has 0 aromatic heterocycles. The third kappa shape index (κ3) is 4.46. The Labute approximate surface area is 128 Å². The summed E-state index contributed by atoms with van der Waals surface area (Å²) in [5.41, 5.74) is 3.58. The third-order valence-corrected chi connectivity index (χ3v) is 4.00. The van der Waals surface area contributed by atoms with Crippen molar-refractivity contribution in [1.82, 2.24) is 0 Å². The summed E-state index contributed by atoms with van der Waals surface area (Å²) in [5.74, 6) is 0. The first-order valence-corrected chi connectivity index (χ1v) is 7.75. The number of benzene rings is 2. The molecule has 0 amide bonds. The highest BCUT2D eigenvalue weighted by Gasteiger charge is 1.95. The van der Waals surface area contributed by atoms with Crippen molar-refractivity contribution in [3.63, 3.8) is 0 Å². The molecule has 0 fully saturated rings. The molecule has 0 bridgehead atoms. The number of aliphatic imine (C=N–C) groups is 1. The second kappa shape index (κ2) is 7.43. The van der Waals surface area contributed by atoms with E-state index in [0.29, 0.717) is 0 Å². The van der Waals surface area contributed by atoms with Gasteiger partial charge in [0.25, 0.3) is 0 Å². The van der Waals surface area contributed by atoms with Crippen molar-refractivity contribution in [3.05, 3.63) is 63.2 Å². The van der Waals surface area contributed by atoms with Crippen molar-refractivity contribution in [2.24, 2.45) is 4.99 Å². The first-order valence-electron chi connectivity index (χ1n) is 6.67. The highest BCUT2D eigenvalue weighted by Crippen LogP contribution is 2.16. The molecule has 0 aliphatic rings. The molecule has 98 valence electrons. The molecule has 0 radical (unpaired) electrons. The van der Waals surface area contributed by atoms with Gasteiger partial charge in [0.15, 0.2) is 0 Å². The Kier molecular flexibility index (Phi) is 5.58. The van der Waals surface area contributed by atoms with Crippen LogP contribution in [0.4, 0.5) is 5.69 Å². The molecular weight excluding hydrogens is 345 g/mol. The van der Waals surface area contributed by atoms with E-state index in [4.69, 9.17) is 0 Å². The van der Waals surface area contributed by atoms with Gasteiger partial charge in [0, 0.05) is 15.3 Å². The van der Waals surface area contributed by atoms with Crippen LogP contribution >= 0.6 is 22.6 Å². The van der Waals surface area contributed by atoms with Crippen LogP contribution in [0, 0.1) is 3.57 Å². The van der Waals surface area contributed by atoms with E-state index < -0.39 is 0 Å². The van der Waals surface area contributed by atoms with E-state index in [2.05, 4.69) is 70.9 Å². The summed E-state index contributed by atoms with van der Waals surface area (Å²) < 4.78 is 1.23. The molecule has 0 saturated carbocycles. The Morgan fingerprint density at radius 1 is 1.05 bits per heavy atom. The minimum absolute atomic E-state index is 1.01. The maximum absolute atomic E-state index is 4.53. The van der Waals surface area contributed by atoms with Crippen LogP contribution in [0.2, 0.25) is 0 Å². The van der Waals surface area contributed by atoms with E-state index >= 15 is 0 Å². The highest BCUT2D eigenvalue weighted by atomic mass is 127. The predicted octanol–water partition coefficient (Wildman–Crippen LogP) is 5.38. The van der Waals surface area contributed by atoms with Gasteiger partial charge in [-0.05, 0) is 59.2 Å². The number of hydrogen-bond acceptors (Lipinski definition) is 1. The van der Waals surface area contributed by atoms with Crippen LogP contribution < -0.4 is 0 Å². The smallest absolute Gasteiger partial charge is 0.0630 e. The van der Waals surface area contributed by atoms with Crippen LogP contribution in [-0.4, -0.2) is 6.21 Å². The van der Waals surface area contributed by atoms with Crippen LogP contribution in [0.15, 0.2) is 53.5 Å². The molecule has 0 aliphatic heterocycles. The number of hydrogen-bond donors (Lipinski definition) is 0. The monoisotopic (exact) mass is 363 g/mol. The fourth-order valence-corrected chi connectivity index (χ4v) is 2.38. The second-order valence-corrected chi connectivity index (χ2v) is 5.71. The molecule has 0 spiro atoms. The van der Waals surface area contributed by atoms with E-state index in [0.717, 1.165) is 17.7 Å². The van der Waals surface area contributed by atoms with Crippen LogP contribution in [0.1, 0.15) is 30.9 Å². The lowest BCUT2D eigenvalue weighted by atomic mass is 10.1. The standard InChI is InChI=1S/C17H18IN/c1-2-3-6-14-9-11-16(12-10-14)19-13-15-7-4-5-8-17(15)18/h4-5,7-13H,2-3,6H2,1H3. The Hall–Kier alpha value is -1.16. The van der Waals surface area contributed by atoms with E-state index in [-0.39, 0.29) is 0 Å². The van der Waals surface area contributed by atoms with Gasteiger partial charge < -0.3 is 0 Å². The van der Waals surface area contributed by atoms with Crippen LogP contribution in [0.5, 0.6) is 0 Å². The minimum atomic E-state index is 1.01. The van der Waals surface area contributed by atoms with Gasteiger partial charge in [-0.15, -0.1) is 0 Å². The van der Waals surface area contributed by atoms with Crippen molar-refractivity contribution in [3.8, 4) is 0 Å². The van der Waals surface area contributed by atoms with Gasteiger partial charge in [-0.2, -0.15) is 0 Å². The Bertz CT molecular complexity index is 543. The first-order chi connectivity index (χ1) is 9.29. The maximum Gasteiger partial charge on any atom is 0.0630 e. The Morgan fingerprint density at radius 2 is 1.79 bits per heavy atom. The van der Waals surface area contributed by atoms with E-state index in [1.165, 1.54) is 22.0 Å². The molecule has 0 heterocycles. The van der Waals surface area contributed by atoms with Crippen molar-refractivity contribution in [2.45, 2.75) is 26.2 Å². The number of rotatable bonds is 5. The topological polar surface area (TPSA) is 12.4 Å². The van der Waals surface area contributed by atoms with Gasteiger partial charge in [-0.1, -0.05) is 43.7 Å². The molecule has 2 heteroatoms. The summed E-state index contributed by atoms with van der Waals surface area (Å²) in [6.45, 7) is 2.22. The normalized spacial score (nSPS) is 11.1. The lowest BCUT2D eigenvalue weighted by molar-refractivity contribution is 0.795. The quantitative estimate of drug-likeness (QED) is 0.499. The minimum Gasteiger partial charge on any atom is -0.256 e. The highest BCUT2D eigenvalue weighted by molar-refractivity contribution is 14.1. The molecule has 0 N–H and O–H groups in total. The lowest BCUT2D eigenvalue weighted by Crippen LogP contribution is -1.85. The molecule has 1 nitrogen and oxygen atoms in total. The summed E-state index contributed by atoms with van der Waals surface area (Å²) in [5, 5.41) is 0. The van der Waals surface area contributed by atoms with Gasteiger partial charge in [0.05, 0.1) is 5.69 Å². The van der Waals surface area contributed by atoms with Gasteiger partial charge in [0.1, 0.15) is 0 Å². The van der Waals surface area contributed by atoms with Crippen molar-refractivity contribution >= 4 is 34.5 Å².